The molecule has 0 fully saturated rings. The summed E-state index contributed by atoms with van der Waals surface area (Å²) in [6, 6.07) is 164. The van der Waals surface area contributed by atoms with E-state index < -0.39 is 0 Å². The summed E-state index contributed by atoms with van der Waals surface area (Å²) >= 11 is 0. The van der Waals surface area contributed by atoms with Crippen LogP contribution < -0.4 is 0 Å². The molecular formula is C126H86N6O. The van der Waals surface area contributed by atoms with Crippen molar-refractivity contribution in [2.24, 2.45) is 0 Å². The topological polar surface area (TPSA) is 42.7 Å². The normalized spacial score (nSPS) is 13.1. The molecule has 7 heteroatoms. The van der Waals surface area contributed by atoms with E-state index in [1.165, 1.54) is 215 Å². The number of hydrogen-bond acceptors (Lipinski definition) is 1. The second-order valence-corrected chi connectivity index (χ2v) is 37.0. The van der Waals surface area contributed by atoms with E-state index in [9.17, 15) is 0 Å². The molecule has 2 aliphatic rings. The maximum atomic E-state index is 6.49. The van der Waals surface area contributed by atoms with Crippen LogP contribution in [-0.4, -0.2) is 27.4 Å². The summed E-state index contributed by atoms with van der Waals surface area (Å²) in [5.74, 6) is 0. The van der Waals surface area contributed by atoms with Crippen LogP contribution >= 0.6 is 0 Å². The Kier molecular flexibility index (Phi) is 16.7. The first-order valence-corrected chi connectivity index (χ1v) is 46.2. The van der Waals surface area contributed by atoms with E-state index in [1.54, 1.807) is 0 Å². The van der Waals surface area contributed by atoms with Gasteiger partial charge >= 0.3 is 0 Å². The highest BCUT2D eigenvalue weighted by Gasteiger charge is 2.39. The number of aromatic nitrogens is 6. The molecule has 0 amide bonds. The van der Waals surface area contributed by atoms with Crippen molar-refractivity contribution in [2.45, 2.75) is 38.5 Å². The third-order valence-electron chi connectivity index (χ3n) is 29.1. The Morgan fingerprint density at radius 3 is 0.955 bits per heavy atom. The van der Waals surface area contributed by atoms with E-state index in [0.717, 1.165) is 38.5 Å². The van der Waals surface area contributed by atoms with E-state index in [2.05, 4.69) is 498 Å². The van der Waals surface area contributed by atoms with Crippen molar-refractivity contribution in [2.75, 3.05) is 0 Å². The van der Waals surface area contributed by atoms with Gasteiger partial charge in [0, 0.05) is 115 Å². The molecule has 29 rings (SSSR count). The Labute approximate surface area is 767 Å². The first-order valence-electron chi connectivity index (χ1n) is 46.2. The van der Waals surface area contributed by atoms with Gasteiger partial charge in [-0.05, 0) is 249 Å². The minimum atomic E-state index is -0.0797. The maximum Gasteiger partial charge on any atom is 0.145 e. The van der Waals surface area contributed by atoms with Gasteiger partial charge < -0.3 is 31.8 Å². The fourth-order valence-electron chi connectivity index (χ4n) is 23.0. The first kappa shape index (κ1) is 76.1. The SMILES string of the molecule is CC1(C)c2ccccc2-c2cc3c4cc(-c5ccccc5)ccc4n(-c4ccc5c(c4)c4ccccc4n5-c4ccccc4)c3cc21.CC1(C)c2ccccc2-c2cc3c4ccccc4n(-c4cccc(-c5ccc6c(c5)c5ccccc5n6-c5ccccc5)c4)c3cc21.c1ccc(-n2c3ccccc3c3cc(-n4c5ccccc5c5c6oc7ccccc7c6ccc54)ccc32)cc1. The van der Waals surface area contributed by atoms with Gasteiger partial charge in [0.1, 0.15) is 11.2 Å². The summed E-state index contributed by atoms with van der Waals surface area (Å²) in [7, 11) is 0. The van der Waals surface area contributed by atoms with Gasteiger partial charge in [-0.1, -0.05) is 295 Å². The highest BCUT2D eigenvalue weighted by Crippen LogP contribution is 2.55. The average molecular weight is 1700 g/mol. The maximum absolute atomic E-state index is 6.49. The molecular weight excluding hydrogens is 1610 g/mol. The van der Waals surface area contributed by atoms with E-state index >= 15 is 0 Å². The fraction of sp³-hybridized carbons (Fsp3) is 0.0476. The molecule has 133 heavy (non-hydrogen) atoms. The summed E-state index contributed by atoms with van der Waals surface area (Å²) in [6.45, 7) is 9.47. The zero-order valence-corrected chi connectivity index (χ0v) is 73.8. The predicted octanol–water partition coefficient (Wildman–Crippen LogP) is 33.5. The standard InChI is InChI=1S/2C45H32N2.C36H22N2O/c1-45(2)39-19-11-9-17-33(39)35-27-38-36-25-30(29-13-5-3-6-14-29)21-23-42(36)47(44(38)28-40(35)45)32-22-24-43-37(26-32)34-18-10-12-20-41(34)46(43)31-15-7-4-8-16-31;1-45(2)39-20-9-6-17-33(39)36-27-38-35-19-8-11-22-42(35)47(44(38)28-40(36)45)32-16-12-13-29(25-32)30-23-24-43-37(26-30)34-18-7-10-21-41(34)46(43)31-14-4-3-5-15-31;1-2-10-23(11-3-1)37-30-15-7-4-12-25(30)29-22-24(18-20-32(29)37)38-31-16-8-5-14-28(31)35-33(38)21-19-27-26-13-6-9-17-34(26)39-36(27)35/h2*3-28H,1-2H3;1-22H. The number of rotatable bonds is 8. The van der Waals surface area contributed by atoms with Gasteiger partial charge in [0.2, 0.25) is 0 Å². The number of benzene rings is 20. The Morgan fingerprint density at radius 1 is 0.165 bits per heavy atom. The smallest absolute Gasteiger partial charge is 0.145 e. The van der Waals surface area contributed by atoms with Gasteiger partial charge in [-0.2, -0.15) is 0 Å². The molecule has 0 saturated heterocycles. The third kappa shape index (κ3) is 11.5. The van der Waals surface area contributed by atoms with Crippen LogP contribution in [0.25, 0.3) is 231 Å². The number of para-hydroxylation sites is 9. The first-order chi connectivity index (χ1) is 65.5. The molecule has 20 aromatic carbocycles. The molecule has 2 aliphatic carbocycles. The van der Waals surface area contributed by atoms with Crippen LogP contribution in [0.5, 0.6) is 0 Å². The van der Waals surface area contributed by atoms with E-state index in [1.807, 2.05) is 6.07 Å². The highest BCUT2D eigenvalue weighted by molar-refractivity contribution is 6.25. The van der Waals surface area contributed by atoms with E-state index in [4.69, 9.17) is 4.42 Å². The quantitative estimate of drug-likeness (QED) is 0.149. The van der Waals surface area contributed by atoms with Gasteiger partial charge in [-0.3, -0.25) is 0 Å². The van der Waals surface area contributed by atoms with Crippen molar-refractivity contribution in [1.29, 1.82) is 0 Å². The molecule has 0 aliphatic heterocycles. The second kappa shape index (κ2) is 29.3. The van der Waals surface area contributed by atoms with Crippen LogP contribution in [0.2, 0.25) is 0 Å². The molecule has 0 radical (unpaired) electrons. The number of hydrogen-bond donors (Lipinski definition) is 0. The Hall–Kier alpha value is -17.0. The van der Waals surface area contributed by atoms with Gasteiger partial charge in [0.05, 0.1) is 71.6 Å². The fourth-order valence-corrected chi connectivity index (χ4v) is 23.0. The Bertz CT molecular complexity index is 9510. The molecule has 27 aromatic rings. The minimum Gasteiger partial charge on any atom is -0.455 e. The zero-order chi connectivity index (χ0) is 88.1. The number of nitrogens with zero attached hydrogens (tertiary/aromatic N) is 6. The van der Waals surface area contributed by atoms with Crippen molar-refractivity contribution < 1.29 is 4.42 Å². The monoisotopic (exact) mass is 1700 g/mol. The van der Waals surface area contributed by atoms with Crippen LogP contribution in [0.4, 0.5) is 0 Å². The van der Waals surface area contributed by atoms with Crippen molar-refractivity contribution in [1.82, 2.24) is 27.4 Å². The molecule has 7 aromatic heterocycles. The van der Waals surface area contributed by atoms with Crippen LogP contribution in [0.1, 0.15) is 49.9 Å². The third-order valence-corrected chi connectivity index (χ3v) is 29.1. The van der Waals surface area contributed by atoms with Crippen molar-refractivity contribution in [3.63, 3.8) is 0 Å². The minimum absolute atomic E-state index is 0.0579. The van der Waals surface area contributed by atoms with Crippen molar-refractivity contribution in [3.8, 4) is 78.6 Å². The van der Waals surface area contributed by atoms with Gasteiger partial charge in [-0.15, -0.1) is 0 Å². The van der Waals surface area contributed by atoms with Crippen LogP contribution in [0.3, 0.4) is 0 Å². The van der Waals surface area contributed by atoms with Gasteiger partial charge in [-0.25, -0.2) is 0 Å². The van der Waals surface area contributed by atoms with Crippen LogP contribution in [0, 0.1) is 0 Å². The summed E-state index contributed by atoms with van der Waals surface area (Å²) in [5, 5.41) is 17.4. The number of fused-ring (bicyclic) bond motifs is 28. The second-order valence-electron chi connectivity index (χ2n) is 37.0. The summed E-state index contributed by atoms with van der Waals surface area (Å²) in [5.41, 5.74) is 39.2. The highest BCUT2D eigenvalue weighted by atomic mass is 16.3. The van der Waals surface area contributed by atoms with E-state index in [-0.39, 0.29) is 10.8 Å². The van der Waals surface area contributed by atoms with Crippen molar-refractivity contribution >= 4 is 153 Å². The molecule has 0 spiro atoms. The molecule has 0 saturated carbocycles. The molecule has 0 bridgehead atoms. The molecule has 0 N–H and O–H groups in total. The van der Waals surface area contributed by atoms with Gasteiger partial charge in [0.15, 0.2) is 0 Å². The molecule has 7 nitrogen and oxygen atoms in total. The van der Waals surface area contributed by atoms with Gasteiger partial charge in [0.25, 0.3) is 0 Å². The Morgan fingerprint density at radius 2 is 0.474 bits per heavy atom. The molecule has 626 valence electrons. The largest absolute Gasteiger partial charge is 0.455 e. The van der Waals surface area contributed by atoms with Crippen LogP contribution in [0.15, 0.2) is 453 Å². The van der Waals surface area contributed by atoms with Crippen LogP contribution in [-0.2, 0) is 10.8 Å². The summed E-state index contributed by atoms with van der Waals surface area (Å²) in [4.78, 5) is 0. The summed E-state index contributed by atoms with van der Waals surface area (Å²) in [6.07, 6.45) is 0. The lowest BCUT2D eigenvalue weighted by molar-refractivity contribution is 0.661. The zero-order valence-electron chi connectivity index (χ0n) is 73.8. The average Bonchev–Trinajstić information content (AvgIpc) is 1.55. The molecule has 0 atom stereocenters. The lowest BCUT2D eigenvalue weighted by Gasteiger charge is -2.21. The van der Waals surface area contributed by atoms with E-state index in [0.29, 0.717) is 0 Å². The lowest BCUT2D eigenvalue weighted by atomic mass is 9.82. The van der Waals surface area contributed by atoms with Crippen molar-refractivity contribution in [3.05, 3.63) is 471 Å². The molecule has 7 heterocycles. The Balaban J connectivity index is 0.000000102. The lowest BCUT2D eigenvalue weighted by Crippen LogP contribution is -2.14. The molecule has 0 unspecified atom stereocenters. The summed E-state index contributed by atoms with van der Waals surface area (Å²) < 4.78 is 20.9. The predicted molar refractivity (Wildman–Crippen MR) is 559 cm³/mol. The number of furan rings is 1.